The van der Waals surface area contributed by atoms with Crippen molar-refractivity contribution >= 4 is 5.91 Å². The summed E-state index contributed by atoms with van der Waals surface area (Å²) in [5.41, 5.74) is 2.29. The summed E-state index contributed by atoms with van der Waals surface area (Å²) in [6.07, 6.45) is 4.58. The van der Waals surface area contributed by atoms with E-state index in [0.717, 1.165) is 5.56 Å². The molecular weight excluding hydrogens is 447 g/mol. The molecule has 0 bridgehead atoms. The number of amides is 1. The molecule has 5 rings (SSSR count). The average molecular weight is 473 g/mol. The fourth-order valence-corrected chi connectivity index (χ4v) is 4.23. The Morgan fingerprint density at radius 3 is 2.69 bits per heavy atom. The summed E-state index contributed by atoms with van der Waals surface area (Å²) >= 11 is 0. The molecule has 1 saturated carbocycles. The molecule has 3 heterocycles. The maximum Gasteiger partial charge on any atom is 0.270 e. The SMILES string of the molecule is CCOc1ccc(-c2nnc(C3CC(NC(=O)c4cc(C)ccn4)C3)n2-c2ccccc2F)nc1. The quantitative estimate of drug-likeness (QED) is 0.432. The minimum atomic E-state index is -0.379. The van der Waals surface area contributed by atoms with Crippen molar-refractivity contribution in [2.75, 3.05) is 6.61 Å². The number of pyridine rings is 2. The lowest BCUT2D eigenvalue weighted by atomic mass is 9.79. The van der Waals surface area contributed by atoms with Crippen molar-refractivity contribution < 1.29 is 13.9 Å². The third kappa shape index (κ3) is 4.62. The first-order valence-electron chi connectivity index (χ1n) is 11.6. The van der Waals surface area contributed by atoms with Crippen molar-refractivity contribution in [2.45, 2.75) is 38.6 Å². The Balaban J connectivity index is 1.40. The van der Waals surface area contributed by atoms with E-state index in [-0.39, 0.29) is 23.7 Å². The number of rotatable bonds is 7. The number of benzene rings is 1. The Kier molecular flexibility index (Phi) is 6.22. The monoisotopic (exact) mass is 472 g/mol. The van der Waals surface area contributed by atoms with Crippen LogP contribution in [0.15, 0.2) is 60.9 Å². The molecule has 0 radical (unpaired) electrons. The Bertz CT molecular complexity index is 1350. The van der Waals surface area contributed by atoms with E-state index in [1.54, 1.807) is 53.4 Å². The van der Waals surface area contributed by atoms with Crippen molar-refractivity contribution in [3.63, 3.8) is 0 Å². The second kappa shape index (κ2) is 9.61. The van der Waals surface area contributed by atoms with Crippen molar-refractivity contribution in [1.29, 1.82) is 0 Å². The van der Waals surface area contributed by atoms with Gasteiger partial charge in [0.1, 0.15) is 28.8 Å². The Hall–Kier alpha value is -4.14. The highest BCUT2D eigenvalue weighted by molar-refractivity contribution is 5.92. The van der Waals surface area contributed by atoms with Crippen LogP contribution in [-0.2, 0) is 0 Å². The van der Waals surface area contributed by atoms with E-state index in [0.29, 0.717) is 53.9 Å². The van der Waals surface area contributed by atoms with Gasteiger partial charge in [0.25, 0.3) is 5.91 Å². The molecule has 0 atom stereocenters. The van der Waals surface area contributed by atoms with Crippen LogP contribution >= 0.6 is 0 Å². The molecule has 1 N–H and O–H groups in total. The normalized spacial score (nSPS) is 17.0. The van der Waals surface area contributed by atoms with E-state index in [2.05, 4.69) is 25.5 Å². The molecule has 9 heteroatoms. The Morgan fingerprint density at radius 1 is 1.14 bits per heavy atom. The fourth-order valence-electron chi connectivity index (χ4n) is 4.23. The van der Waals surface area contributed by atoms with Crippen LogP contribution in [0.25, 0.3) is 17.2 Å². The highest BCUT2D eigenvalue weighted by Gasteiger charge is 2.36. The molecule has 0 saturated heterocycles. The molecule has 4 aromatic rings. The van der Waals surface area contributed by atoms with Gasteiger partial charge in [0, 0.05) is 18.2 Å². The van der Waals surface area contributed by atoms with Crippen LogP contribution in [0, 0.1) is 12.7 Å². The molecule has 1 aliphatic rings. The number of aryl methyl sites for hydroxylation is 1. The Labute approximate surface area is 202 Å². The number of nitrogens with zero attached hydrogens (tertiary/aromatic N) is 5. The number of aromatic nitrogens is 5. The highest BCUT2D eigenvalue weighted by atomic mass is 19.1. The van der Waals surface area contributed by atoms with Gasteiger partial charge in [-0.2, -0.15) is 0 Å². The summed E-state index contributed by atoms with van der Waals surface area (Å²) in [6, 6.07) is 13.7. The van der Waals surface area contributed by atoms with Crippen molar-refractivity contribution in [2.24, 2.45) is 0 Å². The minimum absolute atomic E-state index is 0.00863. The van der Waals surface area contributed by atoms with E-state index in [9.17, 15) is 9.18 Å². The predicted octanol–water partition coefficient (Wildman–Crippen LogP) is 4.25. The number of nitrogens with one attached hydrogen (secondary N) is 1. The lowest BCUT2D eigenvalue weighted by Gasteiger charge is -2.35. The van der Waals surface area contributed by atoms with Crippen LogP contribution in [0.2, 0.25) is 0 Å². The molecule has 1 aromatic carbocycles. The number of carbonyl (C=O) groups is 1. The van der Waals surface area contributed by atoms with Crippen molar-refractivity contribution in [3.8, 4) is 23.0 Å². The van der Waals surface area contributed by atoms with Gasteiger partial charge in [0.05, 0.1) is 18.5 Å². The smallest absolute Gasteiger partial charge is 0.270 e. The van der Waals surface area contributed by atoms with E-state index in [1.807, 2.05) is 19.9 Å². The zero-order chi connectivity index (χ0) is 24.4. The Morgan fingerprint density at radius 2 is 1.97 bits per heavy atom. The number of halogens is 1. The van der Waals surface area contributed by atoms with Crippen LogP contribution in [0.4, 0.5) is 4.39 Å². The van der Waals surface area contributed by atoms with Crippen molar-refractivity contribution in [1.82, 2.24) is 30.0 Å². The minimum Gasteiger partial charge on any atom is -0.492 e. The van der Waals surface area contributed by atoms with E-state index >= 15 is 0 Å². The van der Waals surface area contributed by atoms with Gasteiger partial charge in [-0.3, -0.25) is 14.3 Å². The summed E-state index contributed by atoms with van der Waals surface area (Å²) in [5, 5.41) is 11.8. The summed E-state index contributed by atoms with van der Waals surface area (Å²) < 4.78 is 22.1. The lowest BCUT2D eigenvalue weighted by Crippen LogP contribution is -2.44. The third-order valence-corrected chi connectivity index (χ3v) is 6.04. The maximum absolute atomic E-state index is 14.9. The van der Waals surface area contributed by atoms with Gasteiger partial charge in [0.2, 0.25) is 0 Å². The molecule has 1 amide bonds. The molecule has 1 fully saturated rings. The summed E-state index contributed by atoms with van der Waals surface area (Å²) in [5.74, 6) is 1.16. The zero-order valence-corrected chi connectivity index (χ0v) is 19.5. The number of ether oxygens (including phenoxy) is 1. The first-order chi connectivity index (χ1) is 17.0. The fraction of sp³-hybridized carbons (Fsp3) is 0.269. The lowest BCUT2D eigenvalue weighted by molar-refractivity contribution is 0.0902. The average Bonchev–Trinajstić information content (AvgIpc) is 3.26. The number of carbonyl (C=O) groups excluding carboxylic acids is 1. The molecule has 0 unspecified atom stereocenters. The second-order valence-corrected chi connectivity index (χ2v) is 8.54. The molecule has 3 aromatic heterocycles. The van der Waals surface area contributed by atoms with Gasteiger partial charge < -0.3 is 10.1 Å². The van der Waals surface area contributed by atoms with Crippen LogP contribution in [0.3, 0.4) is 0 Å². The highest BCUT2D eigenvalue weighted by Crippen LogP contribution is 2.39. The van der Waals surface area contributed by atoms with E-state index < -0.39 is 0 Å². The van der Waals surface area contributed by atoms with Crippen LogP contribution in [-0.4, -0.2) is 43.3 Å². The van der Waals surface area contributed by atoms with Crippen LogP contribution in [0.5, 0.6) is 5.75 Å². The molecule has 35 heavy (non-hydrogen) atoms. The number of hydrogen-bond acceptors (Lipinski definition) is 6. The molecule has 1 aliphatic carbocycles. The molecule has 0 spiro atoms. The van der Waals surface area contributed by atoms with Gasteiger partial charge in [-0.25, -0.2) is 9.37 Å². The van der Waals surface area contributed by atoms with Crippen LogP contribution < -0.4 is 10.1 Å². The maximum atomic E-state index is 14.9. The summed E-state index contributed by atoms with van der Waals surface area (Å²) in [6.45, 7) is 4.36. The van der Waals surface area contributed by atoms with E-state index in [4.69, 9.17) is 4.74 Å². The topological polar surface area (TPSA) is 94.8 Å². The zero-order valence-electron chi connectivity index (χ0n) is 19.5. The largest absolute Gasteiger partial charge is 0.492 e. The van der Waals surface area contributed by atoms with Gasteiger partial charge in [-0.1, -0.05) is 12.1 Å². The predicted molar refractivity (Wildman–Crippen MR) is 128 cm³/mol. The molecular formula is C26H25FN6O2. The summed E-state index contributed by atoms with van der Waals surface area (Å²) in [4.78, 5) is 21.2. The van der Waals surface area contributed by atoms with Gasteiger partial charge >= 0.3 is 0 Å². The second-order valence-electron chi connectivity index (χ2n) is 8.54. The first kappa shape index (κ1) is 22.6. The number of hydrogen-bond donors (Lipinski definition) is 1. The molecule has 0 aliphatic heterocycles. The first-order valence-corrected chi connectivity index (χ1v) is 11.6. The van der Waals surface area contributed by atoms with Gasteiger partial charge in [-0.05, 0) is 68.7 Å². The van der Waals surface area contributed by atoms with Gasteiger partial charge in [-0.15, -0.1) is 10.2 Å². The number of para-hydroxylation sites is 1. The summed E-state index contributed by atoms with van der Waals surface area (Å²) in [7, 11) is 0. The van der Waals surface area contributed by atoms with Crippen molar-refractivity contribution in [3.05, 3.63) is 83.8 Å². The van der Waals surface area contributed by atoms with Crippen LogP contribution in [0.1, 0.15) is 47.6 Å². The molecule has 178 valence electrons. The third-order valence-electron chi connectivity index (χ3n) is 6.04. The van der Waals surface area contributed by atoms with Gasteiger partial charge in [0.15, 0.2) is 5.82 Å². The van der Waals surface area contributed by atoms with E-state index in [1.165, 1.54) is 6.07 Å². The molecule has 8 nitrogen and oxygen atoms in total. The standard InChI is InChI=1S/C26H25FN6O2/c1-3-35-19-8-9-21(29-15-19)25-32-31-24(33(25)23-7-5-4-6-20(23)27)17-13-18(14-17)30-26(34)22-12-16(2)10-11-28-22/h4-12,15,17-18H,3,13-14H2,1-2H3,(H,30,34).